The highest BCUT2D eigenvalue weighted by Gasteiger charge is 2.23. The topological polar surface area (TPSA) is 49.5 Å². The smallest absolute Gasteiger partial charge is 0.0471 e. The van der Waals surface area contributed by atoms with Crippen LogP contribution in [-0.4, -0.2) is 41.8 Å². The normalized spacial score (nSPS) is 29.6. The van der Waals surface area contributed by atoms with E-state index in [1.807, 2.05) is 0 Å². The van der Waals surface area contributed by atoms with E-state index >= 15 is 0 Å². The molecule has 1 aliphatic rings. The van der Waals surface area contributed by atoms with Crippen LogP contribution in [0.25, 0.3) is 0 Å². The number of nitrogens with two attached hydrogens (primary N) is 1. The van der Waals surface area contributed by atoms with Crippen LogP contribution in [0.15, 0.2) is 0 Å². The van der Waals surface area contributed by atoms with Crippen molar-refractivity contribution >= 4 is 0 Å². The van der Waals surface area contributed by atoms with E-state index in [9.17, 15) is 5.11 Å². The van der Waals surface area contributed by atoms with Gasteiger partial charge in [-0.05, 0) is 39.2 Å². The lowest BCUT2D eigenvalue weighted by atomic mass is 10.0. The van der Waals surface area contributed by atoms with Crippen molar-refractivity contribution in [2.45, 2.75) is 45.2 Å². The van der Waals surface area contributed by atoms with Crippen LogP contribution >= 0.6 is 0 Å². The lowest BCUT2D eigenvalue weighted by molar-refractivity contribution is 0.137. The summed E-state index contributed by atoms with van der Waals surface area (Å²) in [6, 6.07) is 0.648. The molecule has 3 N–H and O–H groups in total. The summed E-state index contributed by atoms with van der Waals surface area (Å²) in [7, 11) is 0. The minimum atomic E-state index is 0.215. The van der Waals surface area contributed by atoms with Gasteiger partial charge in [0.05, 0.1) is 0 Å². The predicted octanol–water partition coefficient (Wildman–Crippen LogP) is 0.816. The zero-order valence-corrected chi connectivity index (χ0v) is 9.45. The predicted molar refractivity (Wildman–Crippen MR) is 59.1 cm³/mol. The Bertz CT molecular complexity index is 161. The van der Waals surface area contributed by atoms with Gasteiger partial charge in [-0.25, -0.2) is 0 Å². The Morgan fingerprint density at radius 3 is 2.71 bits per heavy atom. The molecule has 3 atom stereocenters. The molecule has 1 rings (SSSR count). The van der Waals surface area contributed by atoms with Crippen molar-refractivity contribution < 1.29 is 5.11 Å². The molecule has 0 radical (unpaired) electrons. The summed E-state index contributed by atoms with van der Waals surface area (Å²) >= 11 is 0. The van der Waals surface area contributed by atoms with Gasteiger partial charge in [0.15, 0.2) is 0 Å². The van der Waals surface area contributed by atoms with Crippen LogP contribution in [0.1, 0.15) is 33.1 Å². The van der Waals surface area contributed by atoms with Crippen molar-refractivity contribution in [1.82, 2.24) is 4.90 Å². The first kappa shape index (κ1) is 12.0. The number of nitrogens with zero attached hydrogens (tertiary/aromatic N) is 1. The number of hydrogen-bond donors (Lipinski definition) is 2. The first-order valence-electron chi connectivity index (χ1n) is 5.75. The first-order valence-corrected chi connectivity index (χ1v) is 5.75. The average Bonchev–Trinajstić information content (AvgIpc) is 2.41. The van der Waals surface area contributed by atoms with E-state index in [1.54, 1.807) is 0 Å². The molecule has 0 amide bonds. The SMILES string of the molecule is CC(N)C(C)N1CCCCC(CO)C1. The van der Waals surface area contributed by atoms with Crippen LogP contribution < -0.4 is 5.73 Å². The van der Waals surface area contributed by atoms with Crippen molar-refractivity contribution in [2.75, 3.05) is 19.7 Å². The van der Waals surface area contributed by atoms with Gasteiger partial charge < -0.3 is 10.8 Å². The molecule has 3 unspecified atom stereocenters. The summed E-state index contributed by atoms with van der Waals surface area (Å²) in [6.07, 6.45) is 3.65. The fourth-order valence-electron chi connectivity index (χ4n) is 2.11. The summed E-state index contributed by atoms with van der Waals surface area (Å²) in [5.74, 6) is 0.457. The zero-order chi connectivity index (χ0) is 10.6. The van der Waals surface area contributed by atoms with Gasteiger partial charge in [0.2, 0.25) is 0 Å². The third kappa shape index (κ3) is 3.23. The molecule has 0 aromatic carbocycles. The van der Waals surface area contributed by atoms with Crippen LogP contribution in [-0.2, 0) is 0 Å². The van der Waals surface area contributed by atoms with Crippen molar-refractivity contribution in [3.63, 3.8) is 0 Å². The van der Waals surface area contributed by atoms with Gasteiger partial charge in [0.25, 0.3) is 0 Å². The molecule has 84 valence electrons. The van der Waals surface area contributed by atoms with Gasteiger partial charge in [0, 0.05) is 25.2 Å². The number of likely N-dealkylation sites (tertiary alicyclic amines) is 1. The third-order valence-corrected chi connectivity index (χ3v) is 3.40. The lowest BCUT2D eigenvalue weighted by Gasteiger charge is -2.32. The van der Waals surface area contributed by atoms with Gasteiger partial charge in [-0.1, -0.05) is 6.42 Å². The Morgan fingerprint density at radius 1 is 1.43 bits per heavy atom. The van der Waals surface area contributed by atoms with E-state index in [-0.39, 0.29) is 6.04 Å². The van der Waals surface area contributed by atoms with Gasteiger partial charge in [-0.3, -0.25) is 4.90 Å². The molecule has 1 fully saturated rings. The van der Waals surface area contributed by atoms with Crippen molar-refractivity contribution in [2.24, 2.45) is 11.7 Å². The summed E-state index contributed by atoms with van der Waals surface area (Å²) in [5.41, 5.74) is 5.90. The standard InChI is InChI=1S/C11H24N2O/c1-9(12)10(2)13-6-4-3-5-11(7-13)8-14/h9-11,14H,3-8,12H2,1-2H3. The zero-order valence-electron chi connectivity index (χ0n) is 9.45. The third-order valence-electron chi connectivity index (χ3n) is 3.40. The van der Waals surface area contributed by atoms with Crippen LogP contribution in [0.3, 0.4) is 0 Å². The molecule has 3 heteroatoms. The van der Waals surface area contributed by atoms with Gasteiger partial charge >= 0.3 is 0 Å². The number of aliphatic hydroxyl groups excluding tert-OH is 1. The number of hydrogen-bond acceptors (Lipinski definition) is 3. The van der Waals surface area contributed by atoms with E-state index in [4.69, 9.17) is 5.73 Å². The second-order valence-corrected chi connectivity index (χ2v) is 4.64. The fraction of sp³-hybridized carbons (Fsp3) is 1.00. The van der Waals surface area contributed by atoms with Gasteiger partial charge in [0.1, 0.15) is 0 Å². The highest BCUT2D eigenvalue weighted by atomic mass is 16.3. The maximum atomic E-state index is 9.20. The highest BCUT2D eigenvalue weighted by Crippen LogP contribution is 2.18. The van der Waals surface area contributed by atoms with Gasteiger partial charge in [-0.15, -0.1) is 0 Å². The molecule has 1 saturated heterocycles. The molecular weight excluding hydrogens is 176 g/mol. The van der Waals surface area contributed by atoms with Crippen molar-refractivity contribution in [3.05, 3.63) is 0 Å². The fourth-order valence-corrected chi connectivity index (χ4v) is 2.11. The molecule has 0 bridgehead atoms. The largest absolute Gasteiger partial charge is 0.396 e. The average molecular weight is 200 g/mol. The molecule has 0 saturated carbocycles. The Kier molecular flexibility index (Phi) is 4.85. The summed E-state index contributed by atoms with van der Waals surface area (Å²) in [4.78, 5) is 2.43. The molecule has 14 heavy (non-hydrogen) atoms. The van der Waals surface area contributed by atoms with Gasteiger partial charge in [-0.2, -0.15) is 0 Å². The minimum Gasteiger partial charge on any atom is -0.396 e. The Hall–Kier alpha value is -0.120. The Morgan fingerprint density at radius 2 is 2.14 bits per heavy atom. The molecule has 0 aromatic rings. The van der Waals surface area contributed by atoms with E-state index in [0.717, 1.165) is 13.1 Å². The Labute approximate surface area is 87.3 Å². The molecule has 1 heterocycles. The maximum absolute atomic E-state index is 9.20. The van der Waals surface area contributed by atoms with E-state index in [1.165, 1.54) is 19.3 Å². The van der Waals surface area contributed by atoms with E-state index in [2.05, 4.69) is 18.7 Å². The van der Waals surface area contributed by atoms with E-state index in [0.29, 0.717) is 18.6 Å². The van der Waals surface area contributed by atoms with Crippen LogP contribution in [0, 0.1) is 5.92 Å². The second-order valence-electron chi connectivity index (χ2n) is 4.64. The Balaban J connectivity index is 2.49. The summed E-state index contributed by atoms with van der Waals surface area (Å²) in [6.45, 7) is 6.72. The minimum absolute atomic E-state index is 0.215. The molecule has 3 nitrogen and oxygen atoms in total. The van der Waals surface area contributed by atoms with Crippen LogP contribution in [0.5, 0.6) is 0 Å². The molecule has 0 aromatic heterocycles. The monoisotopic (exact) mass is 200 g/mol. The summed E-state index contributed by atoms with van der Waals surface area (Å²) < 4.78 is 0. The molecular formula is C11H24N2O. The quantitative estimate of drug-likeness (QED) is 0.709. The van der Waals surface area contributed by atoms with Crippen LogP contribution in [0.2, 0.25) is 0 Å². The number of aliphatic hydroxyl groups is 1. The number of rotatable bonds is 3. The lowest BCUT2D eigenvalue weighted by Crippen LogP contribution is -2.46. The maximum Gasteiger partial charge on any atom is 0.0471 e. The van der Waals surface area contributed by atoms with Crippen LogP contribution in [0.4, 0.5) is 0 Å². The second kappa shape index (κ2) is 5.69. The van der Waals surface area contributed by atoms with Crippen molar-refractivity contribution in [1.29, 1.82) is 0 Å². The highest BCUT2D eigenvalue weighted by molar-refractivity contribution is 4.79. The first-order chi connectivity index (χ1) is 6.65. The summed E-state index contributed by atoms with van der Waals surface area (Å²) in [5, 5.41) is 9.20. The van der Waals surface area contributed by atoms with Crippen molar-refractivity contribution in [3.8, 4) is 0 Å². The molecule has 0 spiro atoms. The molecule has 1 aliphatic heterocycles. The van der Waals surface area contributed by atoms with E-state index < -0.39 is 0 Å². The molecule has 0 aliphatic carbocycles.